The molecule has 0 bridgehead atoms. The van der Waals surface area contributed by atoms with Gasteiger partial charge in [0, 0.05) is 17.7 Å². The van der Waals surface area contributed by atoms with E-state index in [0.29, 0.717) is 24.2 Å². The van der Waals surface area contributed by atoms with E-state index in [-0.39, 0.29) is 48.1 Å². The second-order valence-electron chi connectivity index (χ2n) is 10.2. The molecule has 1 saturated carbocycles. The number of carboxylic acid groups (broad SMARTS) is 1. The lowest BCUT2D eigenvalue weighted by Crippen LogP contribution is -2.68. The number of rotatable bonds is 11. The number of carboxylic acids is 1. The minimum atomic E-state index is -5.16. The molecule has 0 spiro atoms. The standard InChI is InChI=1S/C24H24F3N9O6S3/c1-2-7-36-22(31-33-34-36)44-11-23(20(40)41)10-35-14(37)8-15(35)45-19(23)29-17(38)16(32-42-12-5-3-4-6-12)13-9-43-21(28-13)30-18(39)24(25,26)27/h1,9,12,15,19H,3-8,10-11H2,(H,29,38)(H,40,41)(H,28,30,39)/t15-,19?,23?/m1/s1. The van der Waals surface area contributed by atoms with Gasteiger partial charge in [-0.2, -0.15) is 13.2 Å². The number of hydrogen-bond acceptors (Lipinski definition) is 13. The Morgan fingerprint density at radius 1 is 1.31 bits per heavy atom. The Bertz CT molecular complexity index is 1550. The molecule has 21 heteroatoms. The molecule has 3 atom stereocenters. The molecule has 2 aromatic rings. The fraction of sp³-hybridized carbons (Fsp3) is 0.542. The number of nitrogens with zero attached hydrogens (tertiary/aromatic N) is 7. The van der Waals surface area contributed by atoms with Gasteiger partial charge in [-0.25, -0.2) is 9.67 Å². The molecular weight excluding hydrogens is 664 g/mol. The Kier molecular flexibility index (Phi) is 9.54. The number of fused-ring (bicyclic) bond motifs is 1. The molecule has 3 amide bonds. The van der Waals surface area contributed by atoms with Crippen LogP contribution in [-0.2, 0) is 30.6 Å². The van der Waals surface area contributed by atoms with Gasteiger partial charge in [0.15, 0.2) is 10.8 Å². The molecule has 5 rings (SSSR count). The fourth-order valence-electron chi connectivity index (χ4n) is 4.75. The van der Waals surface area contributed by atoms with Crippen molar-refractivity contribution in [2.75, 3.05) is 17.6 Å². The number of β-lactam (4-membered cyclic amide) rings is 1. The molecule has 2 saturated heterocycles. The predicted molar refractivity (Wildman–Crippen MR) is 154 cm³/mol. The first-order chi connectivity index (χ1) is 21.4. The van der Waals surface area contributed by atoms with E-state index in [0.717, 1.165) is 36.4 Å². The second-order valence-corrected chi connectivity index (χ2v) is 13.3. The van der Waals surface area contributed by atoms with Gasteiger partial charge in [-0.3, -0.25) is 24.5 Å². The van der Waals surface area contributed by atoms with Gasteiger partial charge >= 0.3 is 18.1 Å². The molecule has 15 nitrogen and oxygen atoms in total. The minimum absolute atomic E-state index is 0.0247. The maximum Gasteiger partial charge on any atom is 0.471 e. The fourth-order valence-corrected chi connectivity index (χ4v) is 8.24. The van der Waals surface area contributed by atoms with Gasteiger partial charge in [-0.15, -0.1) is 34.6 Å². The molecule has 2 aromatic heterocycles. The van der Waals surface area contributed by atoms with Crippen LogP contribution in [0.4, 0.5) is 18.3 Å². The quantitative estimate of drug-likeness (QED) is 0.102. The number of thioether (sulfide) groups is 2. The van der Waals surface area contributed by atoms with Gasteiger partial charge in [-0.1, -0.05) is 22.8 Å². The molecule has 3 aliphatic rings. The number of hydrogen-bond donors (Lipinski definition) is 3. The SMILES string of the molecule is C#CCn1nnnc1SCC1(C(=O)O)CN2C(=O)C[C@H]2SC1NC(=O)C(=NOC1CCCC1)c1csc(NC(=O)C(F)(F)F)n1. The predicted octanol–water partition coefficient (Wildman–Crippen LogP) is 1.54. The van der Waals surface area contributed by atoms with Crippen LogP contribution < -0.4 is 10.6 Å². The Labute approximate surface area is 265 Å². The van der Waals surface area contributed by atoms with E-state index >= 15 is 0 Å². The lowest BCUT2D eigenvalue weighted by atomic mass is 9.87. The van der Waals surface area contributed by atoms with Crippen LogP contribution in [-0.4, -0.2) is 99.9 Å². The average molecular weight is 688 g/mol. The van der Waals surface area contributed by atoms with Crippen LogP contribution in [0, 0.1) is 17.8 Å². The van der Waals surface area contributed by atoms with E-state index in [1.165, 1.54) is 15.0 Å². The van der Waals surface area contributed by atoms with Crippen LogP contribution in [0.2, 0.25) is 0 Å². The Morgan fingerprint density at radius 3 is 2.73 bits per heavy atom. The molecule has 0 radical (unpaired) electrons. The normalized spacial score (nSPS) is 23.6. The van der Waals surface area contributed by atoms with Crippen molar-refractivity contribution >= 4 is 69.4 Å². The first kappa shape index (κ1) is 32.5. The Morgan fingerprint density at radius 2 is 2.07 bits per heavy atom. The lowest BCUT2D eigenvalue weighted by Gasteiger charge is -2.53. The number of tetrazole rings is 1. The van der Waals surface area contributed by atoms with E-state index in [4.69, 9.17) is 11.3 Å². The van der Waals surface area contributed by atoms with Gasteiger partial charge in [0.2, 0.25) is 11.1 Å². The summed E-state index contributed by atoms with van der Waals surface area (Å²) in [6, 6.07) is 0. The zero-order valence-electron chi connectivity index (χ0n) is 23.0. The van der Waals surface area contributed by atoms with Gasteiger partial charge in [0.25, 0.3) is 5.91 Å². The van der Waals surface area contributed by atoms with Gasteiger partial charge in [0.05, 0.1) is 17.2 Å². The van der Waals surface area contributed by atoms with Crippen molar-refractivity contribution in [3.05, 3.63) is 11.1 Å². The molecule has 45 heavy (non-hydrogen) atoms. The van der Waals surface area contributed by atoms with Crippen LogP contribution in [0.5, 0.6) is 0 Å². The number of nitrogens with one attached hydrogen (secondary N) is 2. The maximum absolute atomic E-state index is 13.8. The number of terminal acetylenes is 1. The molecule has 1 aliphatic carbocycles. The summed E-state index contributed by atoms with van der Waals surface area (Å²) in [7, 11) is 0. The third-order valence-corrected chi connectivity index (χ3v) is 10.7. The molecule has 4 heterocycles. The van der Waals surface area contributed by atoms with Crippen LogP contribution in [0.25, 0.3) is 0 Å². The van der Waals surface area contributed by atoms with Crippen molar-refractivity contribution in [3.63, 3.8) is 0 Å². The zero-order valence-corrected chi connectivity index (χ0v) is 25.5. The smallest absolute Gasteiger partial charge is 0.471 e. The third-order valence-electron chi connectivity index (χ3n) is 7.19. The number of halogens is 3. The molecule has 2 unspecified atom stereocenters. The summed E-state index contributed by atoms with van der Waals surface area (Å²) in [6.45, 7) is -0.209. The number of oxime groups is 1. The third kappa shape index (κ3) is 7.01. The van der Waals surface area contributed by atoms with Crippen molar-refractivity contribution in [2.45, 2.75) is 66.8 Å². The van der Waals surface area contributed by atoms with Crippen molar-refractivity contribution in [1.82, 2.24) is 35.4 Å². The summed E-state index contributed by atoms with van der Waals surface area (Å²) in [5.41, 5.74) is -2.38. The van der Waals surface area contributed by atoms with E-state index in [1.807, 2.05) is 0 Å². The van der Waals surface area contributed by atoms with Crippen LogP contribution in [0.3, 0.4) is 0 Å². The minimum Gasteiger partial charge on any atom is -0.481 e. The molecule has 0 aromatic carbocycles. The number of carbonyl (C=O) groups excluding carboxylic acids is 3. The molecule has 240 valence electrons. The lowest BCUT2D eigenvalue weighted by molar-refractivity contribution is -0.167. The highest BCUT2D eigenvalue weighted by molar-refractivity contribution is 8.01. The summed E-state index contributed by atoms with van der Waals surface area (Å²) in [4.78, 5) is 61.4. The van der Waals surface area contributed by atoms with Gasteiger partial charge < -0.3 is 20.2 Å². The summed E-state index contributed by atoms with van der Waals surface area (Å²) < 4.78 is 39.6. The number of carbonyl (C=O) groups is 4. The van der Waals surface area contributed by atoms with Crippen molar-refractivity contribution < 1.29 is 42.3 Å². The van der Waals surface area contributed by atoms with Crippen LogP contribution in [0.1, 0.15) is 37.8 Å². The van der Waals surface area contributed by atoms with E-state index in [2.05, 4.69) is 36.9 Å². The van der Waals surface area contributed by atoms with Crippen molar-refractivity contribution in [1.29, 1.82) is 0 Å². The van der Waals surface area contributed by atoms with E-state index in [9.17, 15) is 37.5 Å². The van der Waals surface area contributed by atoms with Gasteiger partial charge in [0.1, 0.15) is 23.8 Å². The number of anilines is 1. The first-order valence-electron chi connectivity index (χ1n) is 13.3. The number of alkyl halides is 3. The summed E-state index contributed by atoms with van der Waals surface area (Å²) in [5.74, 6) is -2.51. The average Bonchev–Trinajstić information content (AvgIpc) is 3.76. The Balaban J connectivity index is 1.42. The molecule has 3 fully saturated rings. The number of thiazole rings is 1. The molecule has 3 N–H and O–H groups in total. The Hall–Kier alpha value is -3.90. The number of aliphatic carboxylic acids is 1. The largest absolute Gasteiger partial charge is 0.481 e. The van der Waals surface area contributed by atoms with E-state index in [1.54, 1.807) is 5.32 Å². The number of aromatic nitrogens is 5. The van der Waals surface area contributed by atoms with Crippen molar-refractivity contribution in [3.8, 4) is 12.3 Å². The highest BCUT2D eigenvalue weighted by atomic mass is 32.2. The summed E-state index contributed by atoms with van der Waals surface area (Å²) in [5, 5.41) is 29.6. The maximum atomic E-state index is 13.8. The summed E-state index contributed by atoms with van der Waals surface area (Å²) in [6.07, 6.45) is 3.13. The van der Waals surface area contributed by atoms with Crippen LogP contribution >= 0.6 is 34.9 Å². The number of amides is 3. The zero-order chi connectivity index (χ0) is 32.4. The summed E-state index contributed by atoms with van der Waals surface area (Å²) >= 11 is 2.67. The second kappa shape index (κ2) is 13.2. The topological polar surface area (TPSA) is 194 Å². The highest BCUT2D eigenvalue weighted by Crippen LogP contribution is 2.48. The van der Waals surface area contributed by atoms with Gasteiger partial charge in [-0.05, 0) is 36.1 Å². The van der Waals surface area contributed by atoms with Crippen LogP contribution in [0.15, 0.2) is 15.7 Å². The monoisotopic (exact) mass is 687 g/mol. The first-order valence-corrected chi connectivity index (χ1v) is 16.1. The molecule has 2 aliphatic heterocycles. The molecular formula is C24H24F3N9O6S3. The van der Waals surface area contributed by atoms with E-state index < -0.39 is 51.0 Å². The van der Waals surface area contributed by atoms with Crippen molar-refractivity contribution in [2.24, 2.45) is 10.6 Å². The highest BCUT2D eigenvalue weighted by Gasteiger charge is 2.58.